The summed E-state index contributed by atoms with van der Waals surface area (Å²) >= 11 is 0. The zero-order chi connectivity index (χ0) is 15.9. The van der Waals surface area contributed by atoms with Crippen LogP contribution >= 0.6 is 0 Å². The van der Waals surface area contributed by atoms with Crippen LogP contribution in [0, 0.1) is 5.92 Å². The number of ether oxygens (including phenoxy) is 1. The van der Waals surface area contributed by atoms with Gasteiger partial charge in [0.2, 0.25) is 0 Å². The summed E-state index contributed by atoms with van der Waals surface area (Å²) in [6.07, 6.45) is -1.57. The molecule has 0 aromatic heterocycles. The summed E-state index contributed by atoms with van der Waals surface area (Å²) in [6, 6.07) is 6.36. The highest BCUT2D eigenvalue weighted by atomic mass is 19.4. The van der Waals surface area contributed by atoms with Crippen molar-refractivity contribution in [3.8, 4) is 5.75 Å². The molecule has 0 aliphatic rings. The van der Waals surface area contributed by atoms with Gasteiger partial charge < -0.3 is 10.1 Å². The average Bonchev–Trinajstić information content (AvgIpc) is 2.43. The normalized spacial score (nSPS) is 13.5. The van der Waals surface area contributed by atoms with Gasteiger partial charge in [0, 0.05) is 6.04 Å². The summed E-state index contributed by atoms with van der Waals surface area (Å²) in [5, 5.41) is 3.49. The molecule has 21 heavy (non-hydrogen) atoms. The van der Waals surface area contributed by atoms with E-state index in [-0.39, 0.29) is 11.8 Å². The summed E-state index contributed by atoms with van der Waals surface area (Å²) in [4.78, 5) is 0. The standard InChI is InChI=1S/C16H24F3NO/c1-4-11-20-15(12(5-2)6-3)13-7-9-14(10-8-13)21-16(17,18)19/h7-10,12,15,20H,4-6,11H2,1-3H3. The molecule has 1 atom stereocenters. The minimum Gasteiger partial charge on any atom is -0.406 e. The molecule has 0 amide bonds. The summed E-state index contributed by atoms with van der Waals surface area (Å²) in [5.74, 6) is 0.288. The highest BCUT2D eigenvalue weighted by Gasteiger charge is 2.31. The van der Waals surface area contributed by atoms with Crippen molar-refractivity contribution < 1.29 is 17.9 Å². The second-order valence-electron chi connectivity index (χ2n) is 5.13. The van der Waals surface area contributed by atoms with Gasteiger partial charge in [-0.05, 0) is 36.6 Å². The van der Waals surface area contributed by atoms with E-state index in [1.807, 2.05) is 0 Å². The Morgan fingerprint density at radius 2 is 1.62 bits per heavy atom. The van der Waals surface area contributed by atoms with E-state index in [2.05, 4.69) is 30.8 Å². The molecule has 0 spiro atoms. The maximum absolute atomic E-state index is 12.2. The Morgan fingerprint density at radius 3 is 2.05 bits per heavy atom. The molecular formula is C16H24F3NO. The maximum atomic E-state index is 12.2. The van der Waals surface area contributed by atoms with Gasteiger partial charge in [0.1, 0.15) is 5.75 Å². The lowest BCUT2D eigenvalue weighted by atomic mass is 9.88. The third kappa shape index (κ3) is 5.96. The molecule has 0 saturated carbocycles. The zero-order valence-corrected chi connectivity index (χ0v) is 12.8. The molecule has 0 aliphatic carbocycles. The third-order valence-corrected chi connectivity index (χ3v) is 3.61. The van der Waals surface area contributed by atoms with Gasteiger partial charge in [-0.2, -0.15) is 0 Å². The summed E-state index contributed by atoms with van der Waals surface area (Å²) in [5.41, 5.74) is 1.01. The minimum absolute atomic E-state index is 0.167. The second-order valence-corrected chi connectivity index (χ2v) is 5.13. The van der Waals surface area contributed by atoms with Gasteiger partial charge in [0.05, 0.1) is 0 Å². The van der Waals surface area contributed by atoms with E-state index < -0.39 is 6.36 Å². The Hall–Kier alpha value is -1.23. The molecule has 1 unspecified atom stereocenters. The van der Waals surface area contributed by atoms with Crippen LogP contribution in [-0.4, -0.2) is 12.9 Å². The SMILES string of the molecule is CCCNC(c1ccc(OC(F)(F)F)cc1)C(CC)CC. The molecule has 0 fully saturated rings. The fourth-order valence-corrected chi connectivity index (χ4v) is 2.49. The monoisotopic (exact) mass is 303 g/mol. The van der Waals surface area contributed by atoms with Gasteiger partial charge >= 0.3 is 6.36 Å². The molecule has 1 aromatic carbocycles. The average molecular weight is 303 g/mol. The Bertz CT molecular complexity index is 399. The smallest absolute Gasteiger partial charge is 0.406 e. The number of nitrogens with one attached hydrogen (secondary N) is 1. The molecule has 120 valence electrons. The zero-order valence-electron chi connectivity index (χ0n) is 12.8. The first-order valence-corrected chi connectivity index (χ1v) is 7.50. The van der Waals surface area contributed by atoms with E-state index >= 15 is 0 Å². The van der Waals surface area contributed by atoms with Crippen LogP contribution in [0.5, 0.6) is 5.75 Å². The number of hydrogen-bond acceptors (Lipinski definition) is 2. The van der Waals surface area contributed by atoms with E-state index in [9.17, 15) is 13.2 Å². The molecular weight excluding hydrogens is 279 g/mol. The van der Waals surface area contributed by atoms with Gasteiger partial charge in [-0.25, -0.2) is 0 Å². The lowest BCUT2D eigenvalue weighted by molar-refractivity contribution is -0.274. The van der Waals surface area contributed by atoms with Gasteiger partial charge in [0.25, 0.3) is 0 Å². The third-order valence-electron chi connectivity index (χ3n) is 3.61. The molecule has 1 aromatic rings. The quantitative estimate of drug-likeness (QED) is 0.724. The van der Waals surface area contributed by atoms with Crippen molar-refractivity contribution >= 4 is 0 Å². The Morgan fingerprint density at radius 1 is 1.05 bits per heavy atom. The van der Waals surface area contributed by atoms with Crippen molar-refractivity contribution in [1.82, 2.24) is 5.32 Å². The van der Waals surface area contributed by atoms with E-state index in [4.69, 9.17) is 0 Å². The first-order chi connectivity index (χ1) is 9.91. The summed E-state index contributed by atoms with van der Waals surface area (Å²) in [7, 11) is 0. The van der Waals surface area contributed by atoms with Crippen LogP contribution in [0.1, 0.15) is 51.6 Å². The molecule has 1 rings (SSSR count). The lowest BCUT2D eigenvalue weighted by Gasteiger charge is -2.27. The van der Waals surface area contributed by atoms with Crippen LogP contribution in [0.2, 0.25) is 0 Å². The number of benzene rings is 1. The van der Waals surface area contributed by atoms with Crippen molar-refractivity contribution in [2.75, 3.05) is 6.54 Å². The molecule has 0 aliphatic heterocycles. The largest absolute Gasteiger partial charge is 0.573 e. The van der Waals surface area contributed by atoms with Gasteiger partial charge in [-0.1, -0.05) is 45.7 Å². The molecule has 1 N–H and O–H groups in total. The predicted octanol–water partition coefficient (Wildman–Crippen LogP) is 5.06. The summed E-state index contributed by atoms with van der Waals surface area (Å²) in [6.45, 7) is 7.26. The Labute approximate surface area is 124 Å². The first-order valence-electron chi connectivity index (χ1n) is 7.50. The maximum Gasteiger partial charge on any atom is 0.573 e. The number of alkyl halides is 3. The first kappa shape index (κ1) is 17.8. The minimum atomic E-state index is -4.64. The summed E-state index contributed by atoms with van der Waals surface area (Å²) < 4.78 is 40.4. The second kappa shape index (κ2) is 8.27. The Balaban J connectivity index is 2.87. The van der Waals surface area contributed by atoms with Gasteiger partial charge in [-0.15, -0.1) is 13.2 Å². The van der Waals surface area contributed by atoms with Crippen LogP contribution < -0.4 is 10.1 Å². The van der Waals surface area contributed by atoms with Crippen molar-refractivity contribution in [3.05, 3.63) is 29.8 Å². The topological polar surface area (TPSA) is 21.3 Å². The van der Waals surface area contributed by atoms with Crippen LogP contribution in [0.25, 0.3) is 0 Å². The highest BCUT2D eigenvalue weighted by molar-refractivity contribution is 5.29. The number of halogens is 3. The van der Waals surface area contributed by atoms with Crippen molar-refractivity contribution in [1.29, 1.82) is 0 Å². The fraction of sp³-hybridized carbons (Fsp3) is 0.625. The Kier molecular flexibility index (Phi) is 7.02. The molecule has 2 nitrogen and oxygen atoms in total. The molecule has 0 bridgehead atoms. The van der Waals surface area contributed by atoms with E-state index in [0.29, 0.717) is 5.92 Å². The number of hydrogen-bond donors (Lipinski definition) is 1. The fourth-order valence-electron chi connectivity index (χ4n) is 2.49. The predicted molar refractivity (Wildman–Crippen MR) is 78.2 cm³/mol. The van der Waals surface area contributed by atoms with E-state index in [1.165, 1.54) is 12.1 Å². The van der Waals surface area contributed by atoms with Crippen molar-refractivity contribution in [2.45, 2.75) is 52.4 Å². The molecule has 0 saturated heterocycles. The van der Waals surface area contributed by atoms with Crippen molar-refractivity contribution in [3.63, 3.8) is 0 Å². The highest BCUT2D eigenvalue weighted by Crippen LogP contribution is 2.30. The molecule has 0 radical (unpaired) electrons. The van der Waals surface area contributed by atoms with E-state index in [0.717, 1.165) is 31.4 Å². The molecule has 0 heterocycles. The van der Waals surface area contributed by atoms with Crippen LogP contribution in [-0.2, 0) is 0 Å². The van der Waals surface area contributed by atoms with Crippen LogP contribution in [0.4, 0.5) is 13.2 Å². The van der Waals surface area contributed by atoms with Gasteiger partial charge in [-0.3, -0.25) is 0 Å². The van der Waals surface area contributed by atoms with Gasteiger partial charge in [0.15, 0.2) is 0 Å². The van der Waals surface area contributed by atoms with Crippen molar-refractivity contribution in [2.24, 2.45) is 5.92 Å². The van der Waals surface area contributed by atoms with Crippen LogP contribution in [0.15, 0.2) is 24.3 Å². The molecule has 5 heteroatoms. The number of rotatable bonds is 8. The van der Waals surface area contributed by atoms with E-state index in [1.54, 1.807) is 12.1 Å². The van der Waals surface area contributed by atoms with Crippen LogP contribution in [0.3, 0.4) is 0 Å². The lowest BCUT2D eigenvalue weighted by Crippen LogP contribution is -2.28.